The topological polar surface area (TPSA) is 119 Å². The predicted molar refractivity (Wildman–Crippen MR) is 105 cm³/mol. The number of piperidine rings is 1. The van der Waals surface area contributed by atoms with Gasteiger partial charge in [0.05, 0.1) is 18.1 Å². The number of nitrogens with one attached hydrogen (secondary N) is 1. The number of hydrogen-bond donors (Lipinski definition) is 1. The van der Waals surface area contributed by atoms with Gasteiger partial charge in [0.2, 0.25) is 10.0 Å². The van der Waals surface area contributed by atoms with Gasteiger partial charge >= 0.3 is 0 Å². The van der Waals surface area contributed by atoms with Crippen molar-refractivity contribution in [1.29, 1.82) is 0 Å². The quantitative estimate of drug-likeness (QED) is 0.566. The van der Waals surface area contributed by atoms with Crippen LogP contribution >= 0.6 is 0 Å². The Morgan fingerprint density at radius 2 is 1.83 bits per heavy atom. The normalized spacial score (nSPS) is 15.6. The van der Waals surface area contributed by atoms with Crippen LogP contribution in [0.1, 0.15) is 23.2 Å². The van der Waals surface area contributed by atoms with Crippen molar-refractivity contribution >= 4 is 21.6 Å². The fourth-order valence-corrected chi connectivity index (χ4v) is 4.83. The third-order valence-corrected chi connectivity index (χ3v) is 6.74. The third kappa shape index (κ3) is 4.54. The van der Waals surface area contributed by atoms with Gasteiger partial charge in [-0.3, -0.25) is 14.9 Å². The Bertz CT molecular complexity index is 1000. The van der Waals surface area contributed by atoms with Crippen LogP contribution in [0.15, 0.2) is 53.4 Å². The van der Waals surface area contributed by atoms with E-state index in [0.29, 0.717) is 18.4 Å². The first-order valence-corrected chi connectivity index (χ1v) is 10.5. The van der Waals surface area contributed by atoms with Crippen LogP contribution in [0.4, 0.5) is 5.69 Å². The van der Waals surface area contributed by atoms with Crippen molar-refractivity contribution in [1.82, 2.24) is 9.62 Å². The summed E-state index contributed by atoms with van der Waals surface area (Å²) in [6, 6.07) is 12.1. The number of hydrogen-bond acceptors (Lipinski definition) is 6. The van der Waals surface area contributed by atoms with E-state index >= 15 is 0 Å². The molecule has 1 fully saturated rings. The molecule has 0 radical (unpaired) electrons. The fraction of sp³-hybridized carbons (Fsp3) is 0.316. The average Bonchev–Trinajstić information content (AvgIpc) is 2.74. The van der Waals surface area contributed by atoms with E-state index < -0.39 is 14.9 Å². The number of nitro benzene ring substituents is 1. The van der Waals surface area contributed by atoms with Crippen molar-refractivity contribution in [2.24, 2.45) is 0 Å². The summed E-state index contributed by atoms with van der Waals surface area (Å²) in [6.45, 7) is 0.449. The molecule has 3 rings (SSSR count). The van der Waals surface area contributed by atoms with Gasteiger partial charge in [0, 0.05) is 30.8 Å². The Labute approximate surface area is 168 Å². The lowest BCUT2D eigenvalue weighted by molar-refractivity contribution is -0.385. The number of carbonyl (C=O) groups excluding carboxylic acids is 1. The molecule has 1 aliphatic rings. The van der Waals surface area contributed by atoms with E-state index in [-0.39, 0.29) is 41.4 Å². The maximum atomic E-state index is 13.0. The maximum absolute atomic E-state index is 13.0. The van der Waals surface area contributed by atoms with Gasteiger partial charge in [-0.2, -0.15) is 4.31 Å². The molecule has 0 aliphatic carbocycles. The minimum atomic E-state index is -3.88. The van der Waals surface area contributed by atoms with Crippen molar-refractivity contribution < 1.29 is 22.9 Å². The molecule has 29 heavy (non-hydrogen) atoms. The molecule has 0 unspecified atom stereocenters. The second-order valence-corrected chi connectivity index (χ2v) is 8.52. The molecule has 0 atom stereocenters. The summed E-state index contributed by atoms with van der Waals surface area (Å²) in [4.78, 5) is 22.5. The van der Waals surface area contributed by atoms with E-state index in [2.05, 4.69) is 5.32 Å². The van der Waals surface area contributed by atoms with E-state index in [1.165, 1.54) is 17.5 Å². The first-order chi connectivity index (χ1) is 13.8. The Morgan fingerprint density at radius 1 is 1.17 bits per heavy atom. The second kappa shape index (κ2) is 8.58. The van der Waals surface area contributed by atoms with Crippen molar-refractivity contribution in [2.45, 2.75) is 23.8 Å². The number of nitro groups is 1. The molecule has 0 bridgehead atoms. The molecule has 1 saturated heterocycles. The lowest BCUT2D eigenvalue weighted by Gasteiger charge is -2.31. The number of benzene rings is 2. The van der Waals surface area contributed by atoms with Crippen molar-refractivity contribution in [2.75, 3.05) is 20.2 Å². The highest BCUT2D eigenvalue weighted by Gasteiger charge is 2.32. The lowest BCUT2D eigenvalue weighted by atomic mass is 10.1. The van der Waals surface area contributed by atoms with Crippen LogP contribution in [0.25, 0.3) is 0 Å². The molecule has 0 spiro atoms. The number of rotatable bonds is 6. The van der Waals surface area contributed by atoms with Crippen LogP contribution in [0.5, 0.6) is 5.75 Å². The smallest absolute Gasteiger partial charge is 0.273 e. The SMILES string of the molecule is COc1cc([N+](=O)[O-])ccc1S(=O)(=O)N1CCC(NC(=O)c2ccccc2)CC1. The standard InChI is InChI=1S/C19H21N3O6S/c1-28-17-13-16(22(24)25)7-8-18(17)29(26,27)21-11-9-15(10-12-21)20-19(23)14-5-3-2-4-6-14/h2-8,13,15H,9-12H2,1H3,(H,20,23). The zero-order chi connectivity index (χ0) is 21.0. The van der Waals surface area contributed by atoms with Gasteiger partial charge in [-0.05, 0) is 31.0 Å². The number of sulfonamides is 1. The Hall–Kier alpha value is -2.98. The maximum Gasteiger partial charge on any atom is 0.273 e. The van der Waals surface area contributed by atoms with Gasteiger partial charge in [-0.1, -0.05) is 18.2 Å². The molecule has 10 heteroatoms. The van der Waals surface area contributed by atoms with Crippen LogP contribution in [0.3, 0.4) is 0 Å². The summed E-state index contributed by atoms with van der Waals surface area (Å²) >= 11 is 0. The zero-order valence-electron chi connectivity index (χ0n) is 15.8. The minimum absolute atomic E-state index is 0.0706. The van der Waals surface area contributed by atoms with E-state index in [1.54, 1.807) is 24.3 Å². The van der Waals surface area contributed by atoms with Crippen molar-refractivity contribution in [3.63, 3.8) is 0 Å². The number of methoxy groups -OCH3 is 1. The van der Waals surface area contributed by atoms with Gasteiger partial charge in [0.1, 0.15) is 10.6 Å². The Kier molecular flexibility index (Phi) is 6.14. The summed E-state index contributed by atoms with van der Waals surface area (Å²) in [6.07, 6.45) is 0.931. The van der Waals surface area contributed by atoms with Crippen molar-refractivity contribution in [3.8, 4) is 5.75 Å². The monoisotopic (exact) mass is 419 g/mol. The summed E-state index contributed by atoms with van der Waals surface area (Å²) in [5.41, 5.74) is 0.307. The molecule has 1 heterocycles. The molecule has 2 aromatic rings. The highest BCUT2D eigenvalue weighted by atomic mass is 32.2. The first-order valence-electron chi connectivity index (χ1n) is 9.01. The van der Waals surface area contributed by atoms with E-state index in [0.717, 1.165) is 12.1 Å². The largest absolute Gasteiger partial charge is 0.495 e. The van der Waals surface area contributed by atoms with Gasteiger partial charge in [0.15, 0.2) is 0 Å². The van der Waals surface area contributed by atoms with Crippen molar-refractivity contribution in [3.05, 3.63) is 64.2 Å². The Balaban J connectivity index is 1.68. The number of ether oxygens (including phenoxy) is 1. The summed E-state index contributed by atoms with van der Waals surface area (Å²) in [5.74, 6) is -0.261. The predicted octanol–water partition coefficient (Wildman–Crippen LogP) is 2.19. The van der Waals surface area contributed by atoms with Gasteiger partial charge < -0.3 is 10.1 Å². The van der Waals surface area contributed by atoms with Gasteiger partial charge in [-0.25, -0.2) is 8.42 Å². The summed E-state index contributed by atoms with van der Waals surface area (Å²) < 4.78 is 32.4. The molecular formula is C19H21N3O6S. The number of nitrogens with zero attached hydrogens (tertiary/aromatic N) is 2. The van der Waals surface area contributed by atoms with E-state index in [9.17, 15) is 23.3 Å². The molecule has 1 aliphatic heterocycles. The molecule has 9 nitrogen and oxygen atoms in total. The number of non-ortho nitro benzene ring substituents is 1. The van der Waals surface area contributed by atoms with E-state index in [1.807, 2.05) is 6.07 Å². The molecular weight excluding hydrogens is 398 g/mol. The number of carbonyl (C=O) groups is 1. The molecule has 0 aromatic heterocycles. The number of amides is 1. The molecule has 1 N–H and O–H groups in total. The summed E-state index contributed by atoms with van der Waals surface area (Å²) in [7, 11) is -2.61. The van der Waals surface area contributed by atoms with Gasteiger partial charge in [0.25, 0.3) is 11.6 Å². The van der Waals surface area contributed by atoms with E-state index in [4.69, 9.17) is 4.74 Å². The highest BCUT2D eigenvalue weighted by Crippen LogP contribution is 2.31. The average molecular weight is 419 g/mol. The third-order valence-electron chi connectivity index (χ3n) is 4.80. The molecule has 2 aromatic carbocycles. The molecule has 154 valence electrons. The summed E-state index contributed by atoms with van der Waals surface area (Å²) in [5, 5.41) is 13.8. The highest BCUT2D eigenvalue weighted by molar-refractivity contribution is 7.89. The lowest BCUT2D eigenvalue weighted by Crippen LogP contribution is -2.46. The minimum Gasteiger partial charge on any atom is -0.495 e. The Morgan fingerprint density at radius 3 is 2.41 bits per heavy atom. The fourth-order valence-electron chi connectivity index (χ4n) is 3.22. The second-order valence-electron chi connectivity index (χ2n) is 6.61. The van der Waals surface area contributed by atoms with Crippen LogP contribution in [0.2, 0.25) is 0 Å². The molecule has 1 amide bonds. The molecule has 0 saturated carbocycles. The van der Waals surface area contributed by atoms with Crippen LogP contribution < -0.4 is 10.1 Å². The van der Waals surface area contributed by atoms with Crippen LogP contribution in [-0.4, -0.2) is 49.8 Å². The van der Waals surface area contributed by atoms with Crippen LogP contribution in [0, 0.1) is 10.1 Å². The zero-order valence-corrected chi connectivity index (χ0v) is 16.6. The van der Waals surface area contributed by atoms with Gasteiger partial charge in [-0.15, -0.1) is 0 Å². The van der Waals surface area contributed by atoms with Crippen LogP contribution in [-0.2, 0) is 10.0 Å². The first kappa shape index (κ1) is 20.7.